The highest BCUT2D eigenvalue weighted by atomic mass is 32.2. The molecule has 1 aliphatic rings. The smallest absolute Gasteiger partial charge is 0.258 e. The third kappa shape index (κ3) is 6.28. The summed E-state index contributed by atoms with van der Waals surface area (Å²) >= 11 is 0. The Morgan fingerprint density at radius 1 is 1.25 bits per heavy atom. The molecule has 1 saturated carbocycles. The van der Waals surface area contributed by atoms with E-state index < -0.39 is 15.8 Å². The largest absolute Gasteiger partial charge is 0.363 e. The number of nitrogens with one attached hydrogen (secondary N) is 1. The Balaban J connectivity index is 1.54. The van der Waals surface area contributed by atoms with Gasteiger partial charge in [0.05, 0.1) is 35.9 Å². The van der Waals surface area contributed by atoms with Crippen LogP contribution in [0, 0.1) is 23.1 Å². The summed E-state index contributed by atoms with van der Waals surface area (Å²) in [7, 11) is -1.92. The van der Waals surface area contributed by atoms with E-state index in [2.05, 4.69) is 14.7 Å². The Morgan fingerprint density at radius 3 is 2.75 bits per heavy atom. The van der Waals surface area contributed by atoms with E-state index in [1.165, 1.54) is 18.7 Å². The van der Waals surface area contributed by atoms with Gasteiger partial charge in [0.15, 0.2) is 5.03 Å². The first-order chi connectivity index (χ1) is 17.4. The van der Waals surface area contributed by atoms with Gasteiger partial charge in [-0.05, 0) is 55.0 Å². The second-order valence-corrected chi connectivity index (χ2v) is 11.0. The van der Waals surface area contributed by atoms with E-state index in [1.807, 2.05) is 22.6 Å². The Bertz CT molecular complexity index is 1330. The van der Waals surface area contributed by atoms with Crippen molar-refractivity contribution in [1.82, 2.24) is 19.3 Å². The van der Waals surface area contributed by atoms with Gasteiger partial charge >= 0.3 is 0 Å². The zero-order valence-corrected chi connectivity index (χ0v) is 21.2. The standard InChI is InChI=1S/C26H31FN6O2S/c1-32-19-29-17-23(32)18-33(25-10-9-21(15-28)14-24(25)27)13-11-22-8-5-12-30-26(22)36(34,35)31-16-20-6-3-2-4-7-20/h5,8-10,12,14,17,19-20,31H,2-4,6-7,11,13,16,18H2,1H3. The van der Waals surface area contributed by atoms with Crippen LogP contribution >= 0.6 is 0 Å². The molecule has 0 saturated heterocycles. The minimum absolute atomic E-state index is 0.0154. The summed E-state index contributed by atoms with van der Waals surface area (Å²) in [6, 6.07) is 9.78. The molecule has 190 valence electrons. The molecule has 0 atom stereocenters. The minimum Gasteiger partial charge on any atom is -0.363 e. The quantitative estimate of drug-likeness (QED) is 0.443. The van der Waals surface area contributed by atoms with Crippen LogP contribution in [0.3, 0.4) is 0 Å². The molecule has 3 aromatic rings. The molecule has 0 unspecified atom stereocenters. The van der Waals surface area contributed by atoms with Gasteiger partial charge < -0.3 is 9.47 Å². The molecular formula is C26H31FN6O2S. The summed E-state index contributed by atoms with van der Waals surface area (Å²) in [6.07, 6.45) is 10.8. The molecule has 1 aliphatic carbocycles. The van der Waals surface area contributed by atoms with Crippen molar-refractivity contribution in [2.45, 2.75) is 50.1 Å². The summed E-state index contributed by atoms with van der Waals surface area (Å²) in [6.45, 7) is 1.12. The molecule has 2 heterocycles. The number of hydrogen-bond acceptors (Lipinski definition) is 6. The molecule has 1 aromatic carbocycles. The summed E-state index contributed by atoms with van der Waals surface area (Å²) in [4.78, 5) is 10.2. The van der Waals surface area contributed by atoms with Crippen LogP contribution in [0.1, 0.15) is 48.9 Å². The molecule has 1 N–H and O–H groups in total. The number of sulfonamides is 1. The summed E-state index contributed by atoms with van der Waals surface area (Å²) in [5.41, 5.74) is 2.00. The van der Waals surface area contributed by atoms with Crippen molar-refractivity contribution in [1.29, 1.82) is 5.26 Å². The number of aromatic nitrogens is 3. The zero-order valence-electron chi connectivity index (χ0n) is 20.4. The third-order valence-corrected chi connectivity index (χ3v) is 8.15. The Kier molecular flexibility index (Phi) is 8.33. The van der Waals surface area contributed by atoms with Gasteiger partial charge in [-0.25, -0.2) is 27.5 Å². The minimum atomic E-state index is -3.78. The lowest BCUT2D eigenvalue weighted by Crippen LogP contribution is -2.32. The number of halogens is 1. The molecule has 2 aromatic heterocycles. The van der Waals surface area contributed by atoms with Crippen molar-refractivity contribution < 1.29 is 12.8 Å². The molecule has 0 radical (unpaired) electrons. The van der Waals surface area contributed by atoms with E-state index >= 15 is 0 Å². The van der Waals surface area contributed by atoms with Crippen molar-refractivity contribution in [2.75, 3.05) is 18.0 Å². The number of imidazole rings is 1. The highest BCUT2D eigenvalue weighted by Gasteiger charge is 2.23. The number of anilines is 1. The average Bonchev–Trinajstić information content (AvgIpc) is 3.30. The maximum atomic E-state index is 15.0. The number of benzene rings is 1. The molecule has 1 fully saturated rings. The van der Waals surface area contributed by atoms with Crippen LogP contribution in [0.25, 0.3) is 0 Å². The lowest BCUT2D eigenvalue weighted by atomic mass is 9.90. The van der Waals surface area contributed by atoms with Gasteiger partial charge in [-0.15, -0.1) is 0 Å². The number of nitriles is 1. The molecule has 0 aliphatic heterocycles. The monoisotopic (exact) mass is 510 g/mol. The normalized spacial score (nSPS) is 14.5. The fourth-order valence-corrected chi connectivity index (χ4v) is 5.96. The van der Waals surface area contributed by atoms with Gasteiger partial charge in [-0.2, -0.15) is 5.26 Å². The molecule has 4 rings (SSSR count). The highest BCUT2D eigenvalue weighted by Crippen LogP contribution is 2.25. The first kappa shape index (κ1) is 25.8. The first-order valence-electron chi connectivity index (χ1n) is 12.2. The maximum Gasteiger partial charge on any atom is 0.258 e. The van der Waals surface area contributed by atoms with E-state index in [0.29, 0.717) is 43.2 Å². The molecule has 0 spiro atoms. The molecule has 10 heteroatoms. The molecule has 0 amide bonds. The van der Waals surface area contributed by atoms with Crippen molar-refractivity contribution in [3.05, 3.63) is 71.7 Å². The molecule has 0 bridgehead atoms. The SMILES string of the molecule is Cn1cncc1CN(CCc1cccnc1S(=O)(=O)NCC1CCCCC1)c1ccc(C#N)cc1F. The Morgan fingerprint density at radius 2 is 2.06 bits per heavy atom. The summed E-state index contributed by atoms with van der Waals surface area (Å²) in [5, 5.41) is 9.12. The van der Waals surface area contributed by atoms with E-state index in [-0.39, 0.29) is 10.6 Å². The van der Waals surface area contributed by atoms with Crippen molar-refractivity contribution in [2.24, 2.45) is 13.0 Å². The van der Waals surface area contributed by atoms with Crippen molar-refractivity contribution >= 4 is 15.7 Å². The first-order valence-corrected chi connectivity index (χ1v) is 13.7. The van der Waals surface area contributed by atoms with E-state index in [9.17, 15) is 12.8 Å². The van der Waals surface area contributed by atoms with E-state index in [0.717, 1.165) is 31.4 Å². The number of rotatable bonds is 10. The van der Waals surface area contributed by atoms with E-state index in [1.54, 1.807) is 36.8 Å². The summed E-state index contributed by atoms with van der Waals surface area (Å²) in [5.74, 6) is -0.154. The average molecular weight is 511 g/mol. The lowest BCUT2D eigenvalue weighted by Gasteiger charge is -2.26. The van der Waals surface area contributed by atoms with Crippen molar-refractivity contribution in [3.8, 4) is 6.07 Å². The van der Waals surface area contributed by atoms with Gasteiger partial charge in [-0.1, -0.05) is 25.3 Å². The molecular weight excluding hydrogens is 479 g/mol. The fraction of sp³-hybridized carbons (Fsp3) is 0.423. The van der Waals surface area contributed by atoms with Crippen LogP contribution in [0.4, 0.5) is 10.1 Å². The van der Waals surface area contributed by atoms with Gasteiger partial charge in [-0.3, -0.25) is 0 Å². The number of pyridine rings is 1. The van der Waals surface area contributed by atoms with Crippen LogP contribution < -0.4 is 9.62 Å². The van der Waals surface area contributed by atoms with Crippen LogP contribution in [0.2, 0.25) is 0 Å². The second-order valence-electron chi connectivity index (χ2n) is 9.27. The Hall–Kier alpha value is -3.29. The third-order valence-electron chi connectivity index (χ3n) is 6.73. The van der Waals surface area contributed by atoms with Gasteiger partial charge in [0.2, 0.25) is 0 Å². The predicted octanol–water partition coefficient (Wildman–Crippen LogP) is 3.93. The predicted molar refractivity (Wildman–Crippen MR) is 135 cm³/mol. The summed E-state index contributed by atoms with van der Waals surface area (Å²) < 4.78 is 45.9. The lowest BCUT2D eigenvalue weighted by molar-refractivity contribution is 0.357. The van der Waals surface area contributed by atoms with Crippen LogP contribution in [0.15, 0.2) is 54.1 Å². The zero-order chi connectivity index (χ0) is 25.5. The number of hydrogen-bond donors (Lipinski definition) is 1. The van der Waals surface area contributed by atoms with Crippen LogP contribution in [0.5, 0.6) is 0 Å². The maximum absolute atomic E-state index is 15.0. The fourth-order valence-electron chi connectivity index (χ4n) is 4.65. The topological polar surface area (TPSA) is 104 Å². The van der Waals surface area contributed by atoms with Gasteiger partial charge in [0.25, 0.3) is 10.0 Å². The van der Waals surface area contributed by atoms with Crippen molar-refractivity contribution in [3.63, 3.8) is 0 Å². The van der Waals surface area contributed by atoms with Crippen LogP contribution in [-0.4, -0.2) is 36.0 Å². The van der Waals surface area contributed by atoms with Gasteiger partial charge in [0.1, 0.15) is 5.82 Å². The van der Waals surface area contributed by atoms with Gasteiger partial charge in [0, 0.05) is 32.5 Å². The number of aryl methyl sites for hydroxylation is 1. The highest BCUT2D eigenvalue weighted by molar-refractivity contribution is 7.89. The second kappa shape index (κ2) is 11.6. The molecule has 36 heavy (non-hydrogen) atoms. The van der Waals surface area contributed by atoms with E-state index in [4.69, 9.17) is 5.26 Å². The number of nitrogens with zero attached hydrogens (tertiary/aromatic N) is 5. The Labute approximate surface area is 211 Å². The van der Waals surface area contributed by atoms with Crippen LogP contribution in [-0.2, 0) is 30.0 Å². The molecule has 8 nitrogen and oxygen atoms in total.